The molecule has 4 aromatic rings. The molecule has 32 heavy (non-hydrogen) atoms. The van der Waals surface area contributed by atoms with Crippen molar-refractivity contribution in [1.29, 1.82) is 0 Å². The van der Waals surface area contributed by atoms with Gasteiger partial charge in [0.2, 0.25) is 5.78 Å². The number of aryl methyl sites for hydroxylation is 1. The first-order chi connectivity index (χ1) is 15.4. The summed E-state index contributed by atoms with van der Waals surface area (Å²) in [5, 5.41) is 3.83. The Balaban J connectivity index is 1.70. The first-order valence-corrected chi connectivity index (χ1v) is 10.6. The van der Waals surface area contributed by atoms with Gasteiger partial charge in [-0.05, 0) is 48.4 Å². The molecular weight excluding hydrogens is 449 g/mol. The molecule has 0 aliphatic heterocycles. The minimum Gasteiger partial charge on any atom is -0.674 e. The normalized spacial score (nSPS) is 11.0. The van der Waals surface area contributed by atoms with E-state index in [9.17, 15) is 4.79 Å². The molecule has 2 aromatic carbocycles. The van der Waals surface area contributed by atoms with Crippen molar-refractivity contribution < 1.29 is 9.53 Å². The summed E-state index contributed by atoms with van der Waals surface area (Å²) in [6.45, 7) is 2.16. The lowest BCUT2D eigenvalue weighted by atomic mass is 10.0. The second-order valence-corrected chi connectivity index (χ2v) is 8.00. The van der Waals surface area contributed by atoms with Gasteiger partial charge in [-0.25, -0.2) is 9.97 Å². The largest absolute Gasteiger partial charge is 0.674 e. The van der Waals surface area contributed by atoms with E-state index in [4.69, 9.17) is 33.7 Å². The second-order valence-electron chi connectivity index (χ2n) is 7.15. The Bertz CT molecular complexity index is 1300. The van der Waals surface area contributed by atoms with Crippen LogP contribution in [0.25, 0.3) is 22.8 Å². The summed E-state index contributed by atoms with van der Waals surface area (Å²) >= 11 is 12.5. The lowest BCUT2D eigenvalue weighted by molar-refractivity contribution is 0.0946. The van der Waals surface area contributed by atoms with Crippen molar-refractivity contribution >= 4 is 34.9 Å². The summed E-state index contributed by atoms with van der Waals surface area (Å²) in [7, 11) is 1.60. The van der Waals surface area contributed by atoms with E-state index in [1.54, 1.807) is 35.9 Å². The highest BCUT2D eigenvalue weighted by Gasteiger charge is 2.19. The zero-order valence-corrected chi connectivity index (χ0v) is 19.0. The molecular formula is C23H20Cl2N5O2-. The monoisotopic (exact) mass is 468 g/mol. The molecule has 0 bridgehead atoms. The summed E-state index contributed by atoms with van der Waals surface area (Å²) in [5.41, 5.74) is 11.9. The Morgan fingerprint density at radius 1 is 1.16 bits per heavy atom. The molecule has 0 spiro atoms. The van der Waals surface area contributed by atoms with Crippen molar-refractivity contribution in [2.24, 2.45) is 0 Å². The third kappa shape index (κ3) is 4.27. The van der Waals surface area contributed by atoms with Crippen molar-refractivity contribution in [2.75, 3.05) is 7.11 Å². The average molecular weight is 469 g/mol. The van der Waals surface area contributed by atoms with E-state index in [2.05, 4.69) is 15.3 Å². The number of carbonyl (C=O) groups is 1. The number of nitrogens with one attached hydrogen (secondary N) is 2. The Morgan fingerprint density at radius 3 is 2.56 bits per heavy atom. The first kappa shape index (κ1) is 22.1. The number of carbonyl (C=O) groups excluding carboxylic acids is 1. The van der Waals surface area contributed by atoms with Crippen LogP contribution in [0.2, 0.25) is 10.0 Å². The van der Waals surface area contributed by atoms with Crippen molar-refractivity contribution in [3.63, 3.8) is 0 Å². The molecule has 0 radical (unpaired) electrons. The van der Waals surface area contributed by atoms with Gasteiger partial charge in [0.1, 0.15) is 11.4 Å². The Hall–Kier alpha value is -3.13. The SMILES string of the molecule is COc1ccc(CNC(=O)c2cn3c(-c4ccc(Cl)cc4Cl)c(C[NH-])c(C)nc3n2)cc1. The van der Waals surface area contributed by atoms with Crippen LogP contribution in [0.4, 0.5) is 0 Å². The Labute approximate surface area is 195 Å². The van der Waals surface area contributed by atoms with Gasteiger partial charge in [-0.2, -0.15) is 0 Å². The number of hydrogen-bond donors (Lipinski definition) is 1. The number of benzene rings is 2. The van der Waals surface area contributed by atoms with Crippen LogP contribution in [0.1, 0.15) is 27.3 Å². The molecule has 1 amide bonds. The zero-order valence-electron chi connectivity index (χ0n) is 17.4. The van der Waals surface area contributed by atoms with E-state index < -0.39 is 0 Å². The molecule has 2 aromatic heterocycles. The van der Waals surface area contributed by atoms with E-state index in [0.29, 0.717) is 44.9 Å². The molecule has 0 aliphatic rings. The van der Waals surface area contributed by atoms with Gasteiger partial charge in [-0.3, -0.25) is 9.20 Å². The number of ether oxygens (including phenoxy) is 1. The van der Waals surface area contributed by atoms with Crippen LogP contribution in [0, 0.1) is 6.92 Å². The minimum atomic E-state index is -0.329. The average Bonchev–Trinajstić information content (AvgIpc) is 3.21. The van der Waals surface area contributed by atoms with E-state index in [0.717, 1.165) is 11.3 Å². The van der Waals surface area contributed by atoms with Crippen LogP contribution in [-0.4, -0.2) is 27.4 Å². The Morgan fingerprint density at radius 2 is 1.91 bits per heavy atom. The second kappa shape index (κ2) is 9.16. The van der Waals surface area contributed by atoms with Crippen molar-refractivity contribution in [1.82, 2.24) is 19.7 Å². The number of halogens is 2. The molecule has 2 N–H and O–H groups in total. The van der Waals surface area contributed by atoms with Gasteiger partial charge in [0.05, 0.1) is 17.8 Å². The standard InChI is InChI=1S/C23H20Cl2N5O2/c1-13-18(10-26)21(17-8-5-15(24)9-19(17)25)30-12-20(29-23(30)28-13)22(31)27-11-14-3-6-16(32-2)7-4-14/h3-9,12,26H,10-11H2,1-2H3,(H,27,31)/q-1. The van der Waals surface area contributed by atoms with Crippen molar-refractivity contribution in [2.45, 2.75) is 20.0 Å². The predicted octanol–water partition coefficient (Wildman–Crippen LogP) is 5.50. The molecule has 0 unspecified atom stereocenters. The fraction of sp³-hybridized carbons (Fsp3) is 0.174. The highest BCUT2D eigenvalue weighted by molar-refractivity contribution is 6.36. The van der Waals surface area contributed by atoms with E-state index in [-0.39, 0.29) is 18.1 Å². The molecule has 0 atom stereocenters. The van der Waals surface area contributed by atoms with Crippen LogP contribution in [-0.2, 0) is 13.1 Å². The molecule has 0 fully saturated rings. The summed E-state index contributed by atoms with van der Waals surface area (Å²) < 4.78 is 6.85. The predicted molar refractivity (Wildman–Crippen MR) is 125 cm³/mol. The third-order valence-electron chi connectivity index (χ3n) is 5.13. The number of rotatable bonds is 6. The number of methoxy groups -OCH3 is 1. The molecule has 4 rings (SSSR count). The van der Waals surface area contributed by atoms with Crippen LogP contribution in [0.5, 0.6) is 5.75 Å². The van der Waals surface area contributed by atoms with Crippen LogP contribution >= 0.6 is 23.2 Å². The Kier molecular flexibility index (Phi) is 6.32. The van der Waals surface area contributed by atoms with Gasteiger partial charge in [0, 0.05) is 29.0 Å². The van der Waals surface area contributed by atoms with Crippen LogP contribution in [0.15, 0.2) is 48.7 Å². The van der Waals surface area contributed by atoms with E-state index in [1.165, 1.54) is 0 Å². The first-order valence-electron chi connectivity index (χ1n) is 9.81. The van der Waals surface area contributed by atoms with Gasteiger partial charge in [0.15, 0.2) is 0 Å². The lowest BCUT2D eigenvalue weighted by Crippen LogP contribution is -2.23. The van der Waals surface area contributed by atoms with E-state index >= 15 is 0 Å². The van der Waals surface area contributed by atoms with Gasteiger partial charge in [0.25, 0.3) is 5.91 Å². The molecule has 164 valence electrons. The lowest BCUT2D eigenvalue weighted by Gasteiger charge is -2.17. The van der Waals surface area contributed by atoms with E-state index in [1.807, 2.05) is 31.2 Å². The highest BCUT2D eigenvalue weighted by atomic mass is 35.5. The number of fused-ring (bicyclic) bond motifs is 1. The maximum atomic E-state index is 12.8. The van der Waals surface area contributed by atoms with Gasteiger partial charge < -0.3 is 15.8 Å². The smallest absolute Gasteiger partial charge is 0.271 e. The summed E-state index contributed by atoms with van der Waals surface area (Å²) in [4.78, 5) is 21.7. The van der Waals surface area contributed by atoms with Gasteiger partial charge >= 0.3 is 0 Å². The topological polar surface area (TPSA) is 92.3 Å². The molecule has 2 heterocycles. The number of hydrogen-bond acceptors (Lipinski definition) is 4. The summed E-state index contributed by atoms with van der Waals surface area (Å²) in [5.74, 6) is 0.778. The maximum Gasteiger partial charge on any atom is 0.271 e. The molecule has 0 saturated carbocycles. The van der Waals surface area contributed by atoms with Crippen molar-refractivity contribution in [3.8, 4) is 17.0 Å². The van der Waals surface area contributed by atoms with Gasteiger partial charge in [-0.1, -0.05) is 35.3 Å². The molecule has 0 aliphatic carbocycles. The fourth-order valence-electron chi connectivity index (χ4n) is 3.46. The zero-order chi connectivity index (χ0) is 22.8. The summed E-state index contributed by atoms with van der Waals surface area (Å²) in [6, 6.07) is 12.6. The third-order valence-corrected chi connectivity index (χ3v) is 5.67. The summed E-state index contributed by atoms with van der Waals surface area (Å²) in [6.07, 6.45) is 1.62. The molecule has 0 saturated heterocycles. The number of amides is 1. The van der Waals surface area contributed by atoms with Crippen molar-refractivity contribution in [3.05, 3.63) is 87.0 Å². The number of nitrogens with zero attached hydrogens (tertiary/aromatic N) is 3. The maximum absolute atomic E-state index is 12.8. The molecule has 9 heteroatoms. The fourth-order valence-corrected chi connectivity index (χ4v) is 3.96. The molecule has 7 nitrogen and oxygen atoms in total. The number of imidazole rings is 1. The minimum absolute atomic E-state index is 0.000239. The van der Waals surface area contributed by atoms with Gasteiger partial charge in [-0.15, -0.1) is 6.54 Å². The number of aromatic nitrogens is 3. The quantitative estimate of drug-likeness (QED) is 0.404. The van der Waals surface area contributed by atoms with Crippen LogP contribution in [0.3, 0.4) is 0 Å². The highest BCUT2D eigenvalue weighted by Crippen LogP contribution is 2.34. The van der Waals surface area contributed by atoms with Crippen LogP contribution < -0.4 is 10.1 Å².